The molecule has 3 heterocycles. The molecular weight excluding hydrogens is 352 g/mol. The molecule has 0 radical (unpaired) electrons. The van der Waals surface area contributed by atoms with E-state index in [2.05, 4.69) is 39.5 Å². The molecule has 1 aliphatic heterocycles. The van der Waals surface area contributed by atoms with E-state index < -0.39 is 0 Å². The first-order valence-corrected chi connectivity index (χ1v) is 9.74. The summed E-state index contributed by atoms with van der Waals surface area (Å²) in [4.78, 5) is 19.9. The fourth-order valence-corrected chi connectivity index (χ4v) is 3.92. The van der Waals surface area contributed by atoms with Crippen molar-refractivity contribution in [1.82, 2.24) is 19.6 Å². The average Bonchev–Trinajstić information content (AvgIpc) is 3.06. The molecule has 6 nitrogen and oxygen atoms in total. The number of fused-ring (bicyclic) bond motifs is 1. The van der Waals surface area contributed by atoms with E-state index in [0.29, 0.717) is 22.8 Å². The van der Waals surface area contributed by atoms with E-state index in [4.69, 9.17) is 4.74 Å². The number of aryl methyl sites for hydroxylation is 1. The molecule has 28 heavy (non-hydrogen) atoms. The molecule has 1 aromatic carbocycles. The van der Waals surface area contributed by atoms with Gasteiger partial charge in [0.1, 0.15) is 5.69 Å². The van der Waals surface area contributed by atoms with Crippen molar-refractivity contribution in [3.8, 4) is 5.75 Å². The van der Waals surface area contributed by atoms with Crippen molar-refractivity contribution in [3.63, 3.8) is 0 Å². The van der Waals surface area contributed by atoms with E-state index in [1.807, 2.05) is 35.7 Å². The Morgan fingerprint density at radius 3 is 2.64 bits per heavy atom. The molecule has 6 heteroatoms. The Morgan fingerprint density at radius 2 is 1.93 bits per heavy atom. The summed E-state index contributed by atoms with van der Waals surface area (Å²) in [6.45, 7) is 4.80. The van der Waals surface area contributed by atoms with Gasteiger partial charge in [0.2, 0.25) is 0 Å². The quantitative estimate of drug-likeness (QED) is 0.741. The highest BCUT2D eigenvalue weighted by Crippen LogP contribution is 2.22. The second-order valence-electron chi connectivity index (χ2n) is 7.33. The molecule has 1 aliphatic rings. The molecule has 4 rings (SSSR count). The summed E-state index contributed by atoms with van der Waals surface area (Å²) in [5, 5.41) is 3.21. The van der Waals surface area contributed by atoms with Gasteiger partial charge in [0.25, 0.3) is 5.91 Å². The van der Waals surface area contributed by atoms with Crippen LogP contribution in [0.1, 0.15) is 34.6 Å². The van der Waals surface area contributed by atoms with Crippen LogP contribution in [0.5, 0.6) is 5.75 Å². The molecule has 0 bridgehead atoms. The normalized spacial score (nSPS) is 15.6. The molecule has 146 valence electrons. The Hall–Kier alpha value is -2.86. The lowest BCUT2D eigenvalue weighted by Gasteiger charge is -2.32. The van der Waals surface area contributed by atoms with Crippen molar-refractivity contribution in [2.75, 3.05) is 20.2 Å². The Morgan fingerprint density at radius 1 is 1.18 bits per heavy atom. The number of carbonyl (C=O) groups is 1. The topological polar surface area (TPSA) is 58.9 Å². The standard InChI is InChI=1S/C22H26N4O2/c1-16-20(26-12-6-9-19(28-2)21(26)23-16)22(27)24-18-10-13-25(14-11-18)15-17-7-4-3-5-8-17/h3-9,12,18H,10-11,13-15H2,1-2H3,(H,24,27). The molecule has 0 unspecified atom stereocenters. The molecule has 1 N–H and O–H groups in total. The molecular formula is C22H26N4O2. The zero-order valence-electron chi connectivity index (χ0n) is 16.4. The van der Waals surface area contributed by atoms with Crippen LogP contribution < -0.4 is 10.1 Å². The molecule has 1 amide bonds. The van der Waals surface area contributed by atoms with Crippen LogP contribution in [0.4, 0.5) is 0 Å². The summed E-state index contributed by atoms with van der Waals surface area (Å²) in [5.74, 6) is 0.596. The van der Waals surface area contributed by atoms with E-state index in [0.717, 1.165) is 32.5 Å². The zero-order valence-corrected chi connectivity index (χ0v) is 16.4. The maximum atomic E-state index is 13.0. The first-order valence-electron chi connectivity index (χ1n) is 9.74. The van der Waals surface area contributed by atoms with Gasteiger partial charge in [-0.1, -0.05) is 30.3 Å². The number of nitrogens with one attached hydrogen (secondary N) is 1. The van der Waals surface area contributed by atoms with E-state index in [1.165, 1.54) is 5.56 Å². The fourth-order valence-electron chi connectivity index (χ4n) is 3.92. The number of likely N-dealkylation sites (tertiary alicyclic amines) is 1. The number of amides is 1. The number of aromatic nitrogens is 2. The number of carbonyl (C=O) groups excluding carboxylic acids is 1. The third-order valence-corrected chi connectivity index (χ3v) is 5.40. The molecule has 0 spiro atoms. The van der Waals surface area contributed by atoms with Gasteiger partial charge in [-0.3, -0.25) is 14.1 Å². The van der Waals surface area contributed by atoms with Crippen LogP contribution in [0, 0.1) is 6.92 Å². The summed E-state index contributed by atoms with van der Waals surface area (Å²) in [6, 6.07) is 14.4. The van der Waals surface area contributed by atoms with Crippen LogP contribution in [0.25, 0.3) is 5.65 Å². The predicted molar refractivity (Wildman–Crippen MR) is 109 cm³/mol. The number of piperidine rings is 1. The highest BCUT2D eigenvalue weighted by atomic mass is 16.5. The van der Waals surface area contributed by atoms with Crippen LogP contribution in [-0.2, 0) is 6.54 Å². The van der Waals surface area contributed by atoms with Crippen LogP contribution in [-0.4, -0.2) is 46.4 Å². The Kier molecular flexibility index (Phi) is 5.30. The number of benzene rings is 1. The lowest BCUT2D eigenvalue weighted by atomic mass is 10.0. The second-order valence-corrected chi connectivity index (χ2v) is 7.33. The minimum absolute atomic E-state index is 0.0697. The van der Waals surface area contributed by atoms with Gasteiger partial charge in [0.05, 0.1) is 12.8 Å². The highest BCUT2D eigenvalue weighted by Gasteiger charge is 2.24. The number of nitrogens with zero attached hydrogens (tertiary/aromatic N) is 3. The van der Waals surface area contributed by atoms with Crippen LogP contribution >= 0.6 is 0 Å². The molecule has 1 saturated heterocycles. The van der Waals surface area contributed by atoms with E-state index in [-0.39, 0.29) is 11.9 Å². The molecule has 0 atom stereocenters. The molecule has 2 aromatic heterocycles. The van der Waals surface area contributed by atoms with E-state index >= 15 is 0 Å². The summed E-state index contributed by atoms with van der Waals surface area (Å²) >= 11 is 0. The Labute approximate surface area is 165 Å². The zero-order chi connectivity index (χ0) is 19.5. The smallest absolute Gasteiger partial charge is 0.270 e. The molecule has 0 aliphatic carbocycles. The van der Waals surface area contributed by atoms with Crippen LogP contribution in [0.3, 0.4) is 0 Å². The highest BCUT2D eigenvalue weighted by molar-refractivity contribution is 5.95. The molecule has 1 fully saturated rings. The Bertz CT molecular complexity index is 959. The summed E-state index contributed by atoms with van der Waals surface area (Å²) in [6.07, 6.45) is 3.77. The lowest BCUT2D eigenvalue weighted by molar-refractivity contribution is 0.0902. The van der Waals surface area contributed by atoms with Gasteiger partial charge in [-0.2, -0.15) is 0 Å². The second kappa shape index (κ2) is 8.02. The monoisotopic (exact) mass is 378 g/mol. The maximum absolute atomic E-state index is 13.0. The van der Waals surface area contributed by atoms with E-state index in [1.54, 1.807) is 7.11 Å². The van der Waals surface area contributed by atoms with Gasteiger partial charge in [0.15, 0.2) is 11.4 Å². The van der Waals surface area contributed by atoms with Gasteiger partial charge < -0.3 is 10.1 Å². The third kappa shape index (κ3) is 3.73. The number of hydrogen-bond donors (Lipinski definition) is 1. The average molecular weight is 378 g/mol. The number of hydrogen-bond acceptors (Lipinski definition) is 4. The van der Waals surface area contributed by atoms with Gasteiger partial charge in [0, 0.05) is 31.9 Å². The SMILES string of the molecule is COc1cccn2c(C(=O)NC3CCN(Cc4ccccc4)CC3)c(C)nc12. The summed E-state index contributed by atoms with van der Waals surface area (Å²) in [7, 11) is 1.61. The number of pyridine rings is 1. The first-order chi connectivity index (χ1) is 13.7. The number of ether oxygens (including phenoxy) is 1. The van der Waals surface area contributed by atoms with Crippen molar-refractivity contribution >= 4 is 11.6 Å². The van der Waals surface area contributed by atoms with Crippen molar-refractivity contribution in [3.05, 3.63) is 65.6 Å². The minimum Gasteiger partial charge on any atom is -0.493 e. The van der Waals surface area contributed by atoms with Gasteiger partial charge in [-0.15, -0.1) is 0 Å². The predicted octanol–water partition coefficient (Wildman–Crippen LogP) is 3.05. The number of methoxy groups -OCH3 is 1. The first kappa shape index (κ1) is 18.5. The minimum atomic E-state index is -0.0697. The van der Waals surface area contributed by atoms with Crippen LogP contribution in [0.2, 0.25) is 0 Å². The van der Waals surface area contributed by atoms with Crippen molar-refractivity contribution < 1.29 is 9.53 Å². The maximum Gasteiger partial charge on any atom is 0.270 e. The van der Waals surface area contributed by atoms with Crippen molar-refractivity contribution in [1.29, 1.82) is 0 Å². The summed E-state index contributed by atoms with van der Waals surface area (Å²) < 4.78 is 7.18. The molecule has 0 saturated carbocycles. The largest absolute Gasteiger partial charge is 0.493 e. The summed E-state index contributed by atoms with van der Waals surface area (Å²) in [5.41, 5.74) is 3.30. The fraction of sp³-hybridized carbons (Fsp3) is 0.364. The van der Waals surface area contributed by atoms with Gasteiger partial charge >= 0.3 is 0 Å². The third-order valence-electron chi connectivity index (χ3n) is 5.40. The van der Waals surface area contributed by atoms with Gasteiger partial charge in [-0.05, 0) is 37.5 Å². The lowest BCUT2D eigenvalue weighted by Crippen LogP contribution is -2.44. The number of rotatable bonds is 5. The van der Waals surface area contributed by atoms with E-state index in [9.17, 15) is 4.79 Å². The number of imidazole rings is 1. The Balaban J connectivity index is 1.40. The van der Waals surface area contributed by atoms with Crippen molar-refractivity contribution in [2.24, 2.45) is 0 Å². The van der Waals surface area contributed by atoms with Gasteiger partial charge in [-0.25, -0.2) is 4.98 Å². The van der Waals surface area contributed by atoms with Crippen molar-refractivity contribution in [2.45, 2.75) is 32.4 Å². The molecule has 3 aromatic rings. The van der Waals surface area contributed by atoms with Crippen LogP contribution in [0.15, 0.2) is 48.7 Å².